The molecule has 0 radical (unpaired) electrons. The average Bonchev–Trinajstić information content (AvgIpc) is 2.33. The van der Waals surface area contributed by atoms with Gasteiger partial charge in [-0.3, -0.25) is 4.79 Å². The van der Waals surface area contributed by atoms with Crippen LogP contribution in [0.15, 0.2) is 0 Å². The van der Waals surface area contributed by atoms with Gasteiger partial charge in [0.25, 0.3) is 0 Å². The van der Waals surface area contributed by atoms with Crippen LogP contribution >= 0.6 is 0 Å². The van der Waals surface area contributed by atoms with Gasteiger partial charge in [-0.25, -0.2) is 0 Å². The minimum atomic E-state index is 0.0417. The Bertz CT molecular complexity index is 119. The molecule has 0 N–H and O–H groups in total. The SMILES string of the molecule is O=C1CCC2OC12. The lowest BCUT2D eigenvalue weighted by Crippen LogP contribution is -1.98. The number of rotatable bonds is 0. The van der Waals surface area contributed by atoms with E-state index in [2.05, 4.69) is 0 Å². The second kappa shape index (κ2) is 0.892. The van der Waals surface area contributed by atoms with Gasteiger partial charge in [0.1, 0.15) is 6.10 Å². The van der Waals surface area contributed by atoms with E-state index in [9.17, 15) is 4.79 Å². The van der Waals surface area contributed by atoms with Crippen LogP contribution in [0.3, 0.4) is 0 Å². The second-order valence-electron chi connectivity index (χ2n) is 2.10. The predicted octanol–water partition coefficient (Wildman–Crippen LogP) is 0.117. The molecule has 2 unspecified atom stereocenters. The van der Waals surface area contributed by atoms with Gasteiger partial charge in [0.15, 0.2) is 5.78 Å². The normalized spacial score (nSPS) is 46.6. The van der Waals surface area contributed by atoms with Crippen molar-refractivity contribution in [2.75, 3.05) is 0 Å². The lowest BCUT2D eigenvalue weighted by Gasteiger charge is -1.82. The van der Waals surface area contributed by atoms with Crippen LogP contribution in [0.1, 0.15) is 12.8 Å². The van der Waals surface area contributed by atoms with Crippen LogP contribution in [0.2, 0.25) is 0 Å². The standard InChI is InChI=1S/C5H6O2/c6-3-1-2-4-5(3)7-4/h4-5H,1-2H2. The summed E-state index contributed by atoms with van der Waals surface area (Å²) in [6.07, 6.45) is 2.12. The molecular formula is C5H6O2. The van der Waals surface area contributed by atoms with E-state index in [0.717, 1.165) is 12.8 Å². The molecule has 2 nitrogen and oxygen atoms in total. The first kappa shape index (κ1) is 3.61. The Morgan fingerprint density at radius 3 is 2.71 bits per heavy atom. The van der Waals surface area contributed by atoms with Crippen molar-refractivity contribution in [1.82, 2.24) is 0 Å². The molecule has 1 saturated heterocycles. The maximum absolute atomic E-state index is 10.5. The van der Waals surface area contributed by atoms with E-state index in [1.807, 2.05) is 0 Å². The van der Waals surface area contributed by atoms with Crippen molar-refractivity contribution in [2.24, 2.45) is 0 Å². The fourth-order valence-corrected chi connectivity index (χ4v) is 1.07. The Hall–Kier alpha value is -0.370. The molecule has 1 aliphatic carbocycles. The van der Waals surface area contributed by atoms with Crippen LogP contribution in [0.4, 0.5) is 0 Å². The van der Waals surface area contributed by atoms with Gasteiger partial charge >= 0.3 is 0 Å². The van der Waals surface area contributed by atoms with Crippen molar-refractivity contribution < 1.29 is 9.53 Å². The highest BCUT2D eigenvalue weighted by atomic mass is 16.6. The average molecular weight is 98.1 g/mol. The van der Waals surface area contributed by atoms with E-state index in [1.165, 1.54) is 0 Å². The molecule has 1 aliphatic heterocycles. The Kier molecular flexibility index (Phi) is 0.460. The van der Waals surface area contributed by atoms with Crippen LogP contribution in [-0.2, 0) is 9.53 Å². The van der Waals surface area contributed by atoms with Crippen molar-refractivity contribution >= 4 is 5.78 Å². The third-order valence-electron chi connectivity index (χ3n) is 1.58. The van der Waals surface area contributed by atoms with Crippen LogP contribution in [-0.4, -0.2) is 18.0 Å². The highest BCUT2D eigenvalue weighted by molar-refractivity contribution is 5.88. The van der Waals surface area contributed by atoms with Crippen LogP contribution in [0.5, 0.6) is 0 Å². The Balaban J connectivity index is 2.21. The number of ether oxygens (including phenoxy) is 1. The van der Waals surface area contributed by atoms with Crippen LogP contribution < -0.4 is 0 Å². The molecule has 2 atom stereocenters. The minimum absolute atomic E-state index is 0.0417. The van der Waals surface area contributed by atoms with Crippen molar-refractivity contribution in [2.45, 2.75) is 25.0 Å². The zero-order chi connectivity index (χ0) is 4.85. The third kappa shape index (κ3) is 0.347. The Morgan fingerprint density at radius 2 is 2.57 bits per heavy atom. The fraction of sp³-hybridized carbons (Fsp3) is 0.800. The van der Waals surface area contributed by atoms with Crippen molar-refractivity contribution in [1.29, 1.82) is 0 Å². The maximum atomic E-state index is 10.5. The molecule has 7 heavy (non-hydrogen) atoms. The molecule has 0 aromatic rings. The number of carbonyl (C=O) groups excluding carboxylic acids is 1. The molecule has 2 heteroatoms. The third-order valence-corrected chi connectivity index (χ3v) is 1.58. The number of fused-ring (bicyclic) bond motifs is 1. The zero-order valence-corrected chi connectivity index (χ0v) is 3.89. The molecule has 2 rings (SSSR count). The van der Waals surface area contributed by atoms with Gasteiger partial charge in [-0.1, -0.05) is 0 Å². The largest absolute Gasteiger partial charge is 0.361 e. The Morgan fingerprint density at radius 1 is 1.71 bits per heavy atom. The zero-order valence-electron chi connectivity index (χ0n) is 3.89. The fourth-order valence-electron chi connectivity index (χ4n) is 1.07. The molecule has 0 amide bonds. The first-order chi connectivity index (χ1) is 3.38. The van der Waals surface area contributed by atoms with Crippen LogP contribution in [0.25, 0.3) is 0 Å². The van der Waals surface area contributed by atoms with Gasteiger partial charge in [-0.2, -0.15) is 0 Å². The van der Waals surface area contributed by atoms with Gasteiger partial charge in [0.05, 0.1) is 6.10 Å². The van der Waals surface area contributed by atoms with Crippen molar-refractivity contribution in [3.05, 3.63) is 0 Å². The summed E-state index contributed by atoms with van der Waals surface area (Å²) in [6.45, 7) is 0. The van der Waals surface area contributed by atoms with E-state index < -0.39 is 0 Å². The van der Waals surface area contributed by atoms with Gasteiger partial charge in [0.2, 0.25) is 0 Å². The van der Waals surface area contributed by atoms with Gasteiger partial charge in [-0.15, -0.1) is 0 Å². The number of hydrogen-bond donors (Lipinski definition) is 0. The summed E-state index contributed by atoms with van der Waals surface area (Å²) in [4.78, 5) is 10.5. The number of epoxide rings is 1. The number of ketones is 1. The topological polar surface area (TPSA) is 29.6 Å². The minimum Gasteiger partial charge on any atom is -0.361 e. The summed E-state index contributed by atoms with van der Waals surface area (Å²) < 4.78 is 4.92. The lowest BCUT2D eigenvalue weighted by molar-refractivity contribution is -0.119. The number of Topliss-reactive ketones (excluding diaryl/α,β-unsaturated/α-hetero) is 1. The smallest absolute Gasteiger partial charge is 0.164 e. The molecule has 2 aliphatic rings. The first-order valence-electron chi connectivity index (χ1n) is 2.56. The van der Waals surface area contributed by atoms with Gasteiger partial charge < -0.3 is 4.74 Å². The highest BCUT2D eigenvalue weighted by Crippen LogP contribution is 2.35. The van der Waals surface area contributed by atoms with Gasteiger partial charge in [-0.05, 0) is 6.42 Å². The monoisotopic (exact) mass is 98.0 g/mol. The summed E-state index contributed by atoms with van der Waals surface area (Å²) in [5, 5.41) is 0. The van der Waals surface area contributed by atoms with Crippen molar-refractivity contribution in [3.63, 3.8) is 0 Å². The molecular weight excluding hydrogens is 92.1 g/mol. The summed E-state index contributed by atoms with van der Waals surface area (Å²) >= 11 is 0. The molecule has 2 fully saturated rings. The summed E-state index contributed by atoms with van der Waals surface area (Å²) in [5.74, 6) is 0.310. The van der Waals surface area contributed by atoms with Crippen LogP contribution in [0, 0.1) is 0 Å². The Labute approximate surface area is 41.5 Å². The molecule has 0 aromatic heterocycles. The number of carbonyl (C=O) groups is 1. The molecule has 0 aromatic carbocycles. The van der Waals surface area contributed by atoms with Gasteiger partial charge in [0, 0.05) is 6.42 Å². The van der Waals surface area contributed by atoms with E-state index in [-0.39, 0.29) is 6.10 Å². The quantitative estimate of drug-likeness (QED) is 0.403. The second-order valence-corrected chi connectivity index (χ2v) is 2.10. The predicted molar refractivity (Wildman–Crippen MR) is 22.9 cm³/mol. The molecule has 38 valence electrons. The van der Waals surface area contributed by atoms with E-state index in [1.54, 1.807) is 0 Å². The maximum Gasteiger partial charge on any atom is 0.164 e. The lowest BCUT2D eigenvalue weighted by atomic mass is 10.3. The first-order valence-corrected chi connectivity index (χ1v) is 2.56. The molecule has 0 spiro atoms. The van der Waals surface area contributed by atoms with E-state index in [4.69, 9.17) is 4.74 Å². The molecule has 0 bridgehead atoms. The molecule has 1 heterocycles. The highest BCUT2D eigenvalue weighted by Gasteiger charge is 2.49. The summed E-state index contributed by atoms with van der Waals surface area (Å²) in [7, 11) is 0. The number of hydrogen-bond acceptors (Lipinski definition) is 2. The van der Waals surface area contributed by atoms with E-state index >= 15 is 0 Å². The summed E-state index contributed by atoms with van der Waals surface area (Å²) in [5.41, 5.74) is 0. The molecule has 1 saturated carbocycles. The van der Waals surface area contributed by atoms with E-state index in [0.29, 0.717) is 11.9 Å². The van der Waals surface area contributed by atoms with Crippen molar-refractivity contribution in [3.8, 4) is 0 Å². The summed E-state index contributed by atoms with van der Waals surface area (Å²) in [6, 6.07) is 0.